The number of amides is 1. The van der Waals surface area contributed by atoms with Crippen LogP contribution in [0.1, 0.15) is 17.3 Å². The fourth-order valence-electron chi connectivity index (χ4n) is 2.07. The minimum absolute atomic E-state index is 0.0221. The Balaban J connectivity index is 2.59. The lowest BCUT2D eigenvalue weighted by Gasteiger charge is -2.24. The number of ether oxygens (including phenoxy) is 1. The second-order valence-corrected chi connectivity index (χ2v) is 4.69. The second-order valence-electron chi connectivity index (χ2n) is 4.69. The van der Waals surface area contributed by atoms with Crippen LogP contribution < -0.4 is 9.64 Å². The van der Waals surface area contributed by atoms with Gasteiger partial charge in [0.1, 0.15) is 11.4 Å². The Morgan fingerprint density at radius 3 is 2.60 bits per heavy atom. The number of hydrogen-bond acceptors (Lipinski definition) is 5. The summed E-state index contributed by atoms with van der Waals surface area (Å²) in [5.41, 5.74) is -2.17. The van der Waals surface area contributed by atoms with Crippen LogP contribution in [0.4, 0.5) is 24.5 Å². The molecule has 132 valence electrons. The number of benzene rings is 1. The minimum Gasteiger partial charge on any atom is -0.494 e. The number of carbonyl (C=O) groups is 1. The molecule has 7 nitrogen and oxygen atoms in total. The van der Waals surface area contributed by atoms with Crippen LogP contribution in [0, 0.1) is 10.1 Å². The maximum atomic E-state index is 13.5. The van der Waals surface area contributed by atoms with Crippen LogP contribution >= 0.6 is 0 Å². The molecule has 2 aromatic rings. The van der Waals surface area contributed by atoms with Crippen molar-refractivity contribution in [2.75, 3.05) is 11.5 Å². The third-order valence-corrected chi connectivity index (χ3v) is 3.06. The maximum absolute atomic E-state index is 13.5. The van der Waals surface area contributed by atoms with E-state index >= 15 is 0 Å². The van der Waals surface area contributed by atoms with E-state index in [2.05, 4.69) is 4.98 Å². The van der Waals surface area contributed by atoms with Crippen molar-refractivity contribution in [1.29, 1.82) is 0 Å². The summed E-state index contributed by atoms with van der Waals surface area (Å²) in [7, 11) is 0. The zero-order chi connectivity index (χ0) is 18.6. The van der Waals surface area contributed by atoms with Crippen LogP contribution in [0.15, 0.2) is 42.7 Å². The SMILES string of the molecule is CCOc1ccc(N(C(=O)c2cccnc2)C(F)(F)F)c([N+](=O)[O-])c1. The van der Waals surface area contributed by atoms with E-state index in [0.717, 1.165) is 30.5 Å². The predicted octanol–water partition coefficient (Wildman–Crippen LogP) is 3.56. The molecular weight excluding hydrogens is 343 g/mol. The summed E-state index contributed by atoms with van der Waals surface area (Å²) in [6.07, 6.45) is -2.94. The molecule has 0 N–H and O–H groups in total. The Morgan fingerprint density at radius 2 is 2.08 bits per heavy atom. The summed E-state index contributed by atoms with van der Waals surface area (Å²) in [4.78, 5) is 25.5. The molecule has 0 saturated carbocycles. The number of nitro benzene ring substituents is 1. The van der Waals surface area contributed by atoms with Gasteiger partial charge in [0, 0.05) is 12.4 Å². The molecule has 0 unspecified atom stereocenters. The molecule has 0 bridgehead atoms. The Labute approximate surface area is 139 Å². The van der Waals surface area contributed by atoms with Crippen molar-refractivity contribution in [2.45, 2.75) is 13.2 Å². The highest BCUT2D eigenvalue weighted by molar-refractivity contribution is 6.07. The summed E-state index contributed by atoms with van der Waals surface area (Å²) in [5, 5.41) is 11.2. The molecular formula is C15H12F3N3O4. The molecule has 10 heteroatoms. The molecule has 0 radical (unpaired) electrons. The van der Waals surface area contributed by atoms with Crippen LogP contribution in [0.3, 0.4) is 0 Å². The summed E-state index contributed by atoms with van der Waals surface area (Å²) < 4.78 is 45.5. The number of anilines is 1. The third-order valence-electron chi connectivity index (χ3n) is 3.06. The molecule has 1 amide bonds. The van der Waals surface area contributed by atoms with Crippen molar-refractivity contribution >= 4 is 17.3 Å². The van der Waals surface area contributed by atoms with Crippen molar-refractivity contribution in [1.82, 2.24) is 4.98 Å². The zero-order valence-electron chi connectivity index (χ0n) is 12.9. The molecule has 1 aromatic carbocycles. The molecule has 1 aromatic heterocycles. The first kappa shape index (κ1) is 18.2. The molecule has 0 spiro atoms. The number of pyridine rings is 1. The summed E-state index contributed by atoms with van der Waals surface area (Å²) >= 11 is 0. The molecule has 2 rings (SSSR count). The van der Waals surface area contributed by atoms with Gasteiger partial charge in [-0.05, 0) is 31.2 Å². The largest absolute Gasteiger partial charge is 0.494 e. The number of hydrogen-bond donors (Lipinski definition) is 0. The lowest BCUT2D eigenvalue weighted by Crippen LogP contribution is -2.43. The van der Waals surface area contributed by atoms with Gasteiger partial charge in [-0.15, -0.1) is 13.2 Å². The van der Waals surface area contributed by atoms with Crippen molar-refractivity contribution < 1.29 is 27.6 Å². The Hall–Kier alpha value is -3.17. The van der Waals surface area contributed by atoms with Gasteiger partial charge in [-0.1, -0.05) is 0 Å². The van der Waals surface area contributed by atoms with Gasteiger partial charge in [0.2, 0.25) is 0 Å². The Bertz CT molecular complexity index is 781. The number of carbonyl (C=O) groups excluding carboxylic acids is 1. The average Bonchev–Trinajstić information content (AvgIpc) is 2.55. The van der Waals surface area contributed by atoms with Crippen LogP contribution in [-0.2, 0) is 0 Å². The number of nitro groups is 1. The summed E-state index contributed by atoms with van der Waals surface area (Å²) in [6.45, 7) is 1.79. The van der Waals surface area contributed by atoms with E-state index in [1.807, 2.05) is 0 Å². The molecule has 25 heavy (non-hydrogen) atoms. The molecule has 0 saturated heterocycles. The first-order valence-electron chi connectivity index (χ1n) is 6.98. The molecule has 0 aliphatic carbocycles. The van der Waals surface area contributed by atoms with Gasteiger partial charge in [0.05, 0.1) is 23.2 Å². The van der Waals surface area contributed by atoms with Crippen LogP contribution in [0.2, 0.25) is 0 Å². The summed E-state index contributed by atoms with van der Waals surface area (Å²) in [6, 6.07) is 5.21. The number of nitrogens with zero attached hydrogens (tertiary/aromatic N) is 3. The Morgan fingerprint density at radius 1 is 1.36 bits per heavy atom. The summed E-state index contributed by atoms with van der Waals surface area (Å²) in [5.74, 6) is -1.46. The van der Waals surface area contributed by atoms with Gasteiger partial charge in [0.25, 0.3) is 11.6 Å². The first-order chi connectivity index (χ1) is 11.8. The fourth-order valence-corrected chi connectivity index (χ4v) is 2.07. The van der Waals surface area contributed by atoms with Crippen molar-refractivity contribution in [3.63, 3.8) is 0 Å². The molecule has 0 atom stereocenters. The van der Waals surface area contributed by atoms with E-state index in [9.17, 15) is 28.1 Å². The number of aromatic nitrogens is 1. The van der Waals surface area contributed by atoms with Crippen molar-refractivity contribution in [3.05, 3.63) is 58.4 Å². The van der Waals surface area contributed by atoms with Crippen LogP contribution in [0.25, 0.3) is 0 Å². The highest BCUT2D eigenvalue weighted by Gasteiger charge is 2.45. The minimum atomic E-state index is -5.18. The predicted molar refractivity (Wildman–Crippen MR) is 81.4 cm³/mol. The molecule has 1 heterocycles. The van der Waals surface area contributed by atoms with E-state index < -0.39 is 33.4 Å². The van der Waals surface area contributed by atoms with E-state index in [1.165, 1.54) is 12.3 Å². The van der Waals surface area contributed by atoms with Gasteiger partial charge in [-0.25, -0.2) is 4.90 Å². The first-order valence-corrected chi connectivity index (χ1v) is 6.98. The highest BCUT2D eigenvalue weighted by Crippen LogP contribution is 2.38. The third kappa shape index (κ3) is 4.03. The van der Waals surface area contributed by atoms with Gasteiger partial charge in [0.15, 0.2) is 0 Å². The van der Waals surface area contributed by atoms with Gasteiger partial charge in [-0.2, -0.15) is 0 Å². The van der Waals surface area contributed by atoms with E-state index in [0.29, 0.717) is 0 Å². The normalized spacial score (nSPS) is 11.0. The average molecular weight is 355 g/mol. The van der Waals surface area contributed by atoms with E-state index in [-0.39, 0.29) is 17.9 Å². The van der Waals surface area contributed by atoms with E-state index in [4.69, 9.17) is 4.74 Å². The quantitative estimate of drug-likeness (QED) is 0.465. The number of rotatable bonds is 5. The molecule has 0 aliphatic heterocycles. The Kier molecular flexibility index (Phi) is 5.20. The van der Waals surface area contributed by atoms with Crippen LogP contribution in [-0.4, -0.2) is 28.7 Å². The van der Waals surface area contributed by atoms with E-state index in [1.54, 1.807) is 6.92 Å². The number of alkyl halides is 3. The standard InChI is InChI=1S/C15H12F3N3O4/c1-2-25-11-5-6-12(13(8-11)21(23)24)20(15(16,17)18)14(22)10-4-3-7-19-9-10/h3-9H,2H2,1H3. The van der Waals surface area contributed by atoms with Gasteiger partial charge in [-0.3, -0.25) is 19.9 Å². The van der Waals surface area contributed by atoms with Crippen molar-refractivity contribution in [2.24, 2.45) is 0 Å². The monoisotopic (exact) mass is 355 g/mol. The second kappa shape index (κ2) is 7.16. The van der Waals surface area contributed by atoms with Crippen LogP contribution in [0.5, 0.6) is 5.75 Å². The number of halogens is 3. The van der Waals surface area contributed by atoms with Crippen molar-refractivity contribution in [3.8, 4) is 5.75 Å². The topological polar surface area (TPSA) is 85.6 Å². The smallest absolute Gasteiger partial charge is 0.492 e. The zero-order valence-corrected chi connectivity index (χ0v) is 12.9. The lowest BCUT2D eigenvalue weighted by atomic mass is 10.2. The lowest BCUT2D eigenvalue weighted by molar-refractivity contribution is -0.384. The molecule has 0 fully saturated rings. The highest BCUT2D eigenvalue weighted by atomic mass is 19.4. The molecule has 0 aliphatic rings. The van der Waals surface area contributed by atoms with Gasteiger partial charge >= 0.3 is 6.30 Å². The maximum Gasteiger partial charge on any atom is 0.492 e. The fraction of sp³-hybridized carbons (Fsp3) is 0.200. The van der Waals surface area contributed by atoms with Gasteiger partial charge < -0.3 is 4.74 Å².